The second-order valence-electron chi connectivity index (χ2n) is 5.65. The van der Waals surface area contributed by atoms with Crippen LogP contribution < -0.4 is 5.73 Å². The molecule has 3 rings (SSSR count). The van der Waals surface area contributed by atoms with Crippen LogP contribution in [-0.4, -0.2) is 21.5 Å². The van der Waals surface area contributed by atoms with Gasteiger partial charge in [0.05, 0.1) is 17.2 Å². The summed E-state index contributed by atoms with van der Waals surface area (Å²) in [7, 11) is 1.76. The second kappa shape index (κ2) is 7.75. The first-order chi connectivity index (χ1) is 11.5. The van der Waals surface area contributed by atoms with E-state index < -0.39 is 0 Å². The average molecular weight is 391 g/mol. The lowest BCUT2D eigenvalue weighted by Crippen LogP contribution is -2.47. The molecule has 1 amide bonds. The van der Waals surface area contributed by atoms with E-state index in [1.165, 1.54) is 6.20 Å². The Morgan fingerprint density at radius 2 is 1.92 bits per heavy atom. The predicted molar refractivity (Wildman–Crippen MR) is 100 cm³/mol. The first-order valence-electron chi connectivity index (χ1n) is 8.15. The molecule has 1 aromatic carbocycles. The summed E-state index contributed by atoms with van der Waals surface area (Å²) in [6, 6.07) is 8.07. The maximum atomic E-state index is 12.2. The van der Waals surface area contributed by atoms with Crippen molar-refractivity contribution in [1.82, 2.24) is 9.78 Å². The van der Waals surface area contributed by atoms with Crippen LogP contribution in [0.25, 0.3) is 0 Å². The Hall–Kier alpha value is -1.95. The van der Waals surface area contributed by atoms with E-state index in [0.717, 1.165) is 29.3 Å². The Morgan fingerprint density at radius 1 is 1.29 bits per heavy atom. The molecule has 2 aromatic rings. The number of amides is 1. The van der Waals surface area contributed by atoms with E-state index in [1.54, 1.807) is 17.9 Å². The van der Waals surface area contributed by atoms with Gasteiger partial charge >= 0.3 is 0 Å². The topological polar surface area (TPSA) is 73.3 Å². The molecular weight excluding hydrogens is 368 g/mol. The van der Waals surface area contributed by atoms with Crippen molar-refractivity contribution in [2.75, 3.05) is 0 Å². The average Bonchev–Trinajstić information content (AvgIpc) is 2.97. The molecule has 0 bridgehead atoms. The largest absolute Gasteiger partial charge is 0.386 e. The number of aryl methyl sites for hydroxylation is 1. The van der Waals surface area contributed by atoms with Crippen LogP contribution in [0.4, 0.5) is 0 Å². The number of aliphatic imine (C=N–C) groups is 1. The fourth-order valence-corrected chi connectivity index (χ4v) is 3.07. The van der Waals surface area contributed by atoms with Gasteiger partial charge < -0.3 is 5.73 Å². The van der Waals surface area contributed by atoms with Gasteiger partial charge in [-0.15, -0.1) is 0 Å². The van der Waals surface area contributed by atoms with E-state index in [0.29, 0.717) is 11.4 Å². The van der Waals surface area contributed by atoms with Crippen LogP contribution in [-0.2, 0) is 12.5 Å². The Bertz CT molecular complexity index is 730. The van der Waals surface area contributed by atoms with Crippen LogP contribution in [0.15, 0.2) is 46.1 Å². The van der Waals surface area contributed by atoms with E-state index in [1.807, 2.05) is 38.1 Å². The zero-order chi connectivity index (χ0) is 17.7. The highest BCUT2D eigenvalue weighted by atomic mass is 79.9. The van der Waals surface area contributed by atoms with Crippen molar-refractivity contribution in [1.29, 1.82) is 0 Å². The monoisotopic (exact) mass is 390 g/mol. The number of nitrogens with zero attached hydrogens (tertiary/aromatic N) is 3. The predicted octanol–water partition coefficient (Wildman–Crippen LogP) is 3.83. The quantitative estimate of drug-likeness (QED) is 0.639. The number of carbonyl (C=O) groups excluding carboxylic acids is 1. The fraction of sp³-hybridized carbons (Fsp3) is 0.389. The van der Waals surface area contributed by atoms with Gasteiger partial charge in [-0.05, 0) is 30.5 Å². The SMILES string of the molecule is CC.Cn1cc(C(=O)N=C(N)C2(c3ccc(Br)cc3)CCC2)cn1. The Balaban J connectivity index is 0.00000100. The number of amidine groups is 1. The van der Waals surface area contributed by atoms with E-state index >= 15 is 0 Å². The smallest absolute Gasteiger partial charge is 0.281 e. The van der Waals surface area contributed by atoms with Crippen LogP contribution in [0.2, 0.25) is 0 Å². The van der Waals surface area contributed by atoms with Crippen molar-refractivity contribution in [3.63, 3.8) is 0 Å². The van der Waals surface area contributed by atoms with Gasteiger partial charge in [-0.2, -0.15) is 10.1 Å². The number of nitrogens with two attached hydrogens (primary N) is 1. The highest BCUT2D eigenvalue weighted by Crippen LogP contribution is 2.44. The van der Waals surface area contributed by atoms with Gasteiger partial charge in [-0.3, -0.25) is 9.48 Å². The molecule has 1 fully saturated rings. The summed E-state index contributed by atoms with van der Waals surface area (Å²) in [6.45, 7) is 4.00. The van der Waals surface area contributed by atoms with Crippen molar-refractivity contribution in [3.05, 3.63) is 52.3 Å². The molecule has 1 aliphatic rings. The number of halogens is 1. The molecule has 5 nitrogen and oxygen atoms in total. The molecule has 24 heavy (non-hydrogen) atoms. The highest BCUT2D eigenvalue weighted by molar-refractivity contribution is 9.10. The van der Waals surface area contributed by atoms with E-state index in [2.05, 4.69) is 26.0 Å². The summed E-state index contributed by atoms with van der Waals surface area (Å²) < 4.78 is 2.60. The third kappa shape index (κ3) is 3.59. The molecule has 0 atom stereocenters. The van der Waals surface area contributed by atoms with Crippen molar-refractivity contribution < 1.29 is 4.79 Å². The molecule has 1 saturated carbocycles. The summed E-state index contributed by atoms with van der Waals surface area (Å²) in [5, 5.41) is 3.99. The van der Waals surface area contributed by atoms with Gasteiger partial charge in [0.15, 0.2) is 0 Å². The Kier molecular flexibility index (Phi) is 5.94. The molecule has 1 aliphatic carbocycles. The van der Waals surface area contributed by atoms with E-state index in [9.17, 15) is 4.79 Å². The second-order valence-corrected chi connectivity index (χ2v) is 6.56. The van der Waals surface area contributed by atoms with E-state index in [-0.39, 0.29) is 11.3 Å². The minimum Gasteiger partial charge on any atom is -0.386 e. The molecule has 0 saturated heterocycles. The summed E-state index contributed by atoms with van der Waals surface area (Å²) in [6.07, 6.45) is 6.08. The van der Waals surface area contributed by atoms with Crippen LogP contribution >= 0.6 is 15.9 Å². The summed E-state index contributed by atoms with van der Waals surface area (Å²) in [5.41, 5.74) is 7.48. The molecule has 1 aromatic heterocycles. The van der Waals surface area contributed by atoms with Gasteiger partial charge in [-0.1, -0.05) is 48.3 Å². The number of carbonyl (C=O) groups is 1. The standard InChI is InChI=1S/C16H17BrN4O.C2H6/c1-21-10-11(9-19-21)14(22)20-15(18)16(7-2-8-16)12-3-5-13(17)6-4-12;1-2/h3-6,9-10H,2,7-8H2,1H3,(H2,18,20,22);1-2H3. The van der Waals surface area contributed by atoms with Gasteiger partial charge in [-0.25, -0.2) is 0 Å². The molecule has 1 heterocycles. The lowest BCUT2D eigenvalue weighted by molar-refractivity contribution is 0.100. The highest BCUT2D eigenvalue weighted by Gasteiger charge is 2.42. The molecule has 0 radical (unpaired) electrons. The fourth-order valence-electron chi connectivity index (χ4n) is 2.80. The Labute approximate surface area is 151 Å². The molecule has 128 valence electrons. The van der Waals surface area contributed by atoms with Crippen molar-refractivity contribution in [2.45, 2.75) is 38.5 Å². The molecule has 0 spiro atoms. The first kappa shape index (κ1) is 18.4. The van der Waals surface area contributed by atoms with Crippen LogP contribution in [0.1, 0.15) is 49.0 Å². The van der Waals surface area contributed by atoms with Crippen molar-refractivity contribution in [2.24, 2.45) is 17.8 Å². The van der Waals surface area contributed by atoms with Crippen LogP contribution in [0.3, 0.4) is 0 Å². The van der Waals surface area contributed by atoms with Crippen LogP contribution in [0, 0.1) is 0 Å². The number of benzene rings is 1. The van der Waals surface area contributed by atoms with E-state index in [4.69, 9.17) is 5.73 Å². The summed E-state index contributed by atoms with van der Waals surface area (Å²) in [4.78, 5) is 16.4. The summed E-state index contributed by atoms with van der Waals surface area (Å²) in [5.74, 6) is 0.0592. The third-order valence-corrected chi connectivity index (χ3v) is 4.80. The first-order valence-corrected chi connectivity index (χ1v) is 8.94. The number of rotatable bonds is 3. The molecule has 0 unspecified atom stereocenters. The number of hydrogen-bond acceptors (Lipinski definition) is 2. The Morgan fingerprint density at radius 3 is 2.38 bits per heavy atom. The molecule has 0 aliphatic heterocycles. The maximum absolute atomic E-state index is 12.2. The zero-order valence-corrected chi connectivity index (χ0v) is 15.9. The molecule has 6 heteroatoms. The van der Waals surface area contributed by atoms with Gasteiger partial charge in [0.1, 0.15) is 5.84 Å². The third-order valence-electron chi connectivity index (χ3n) is 4.27. The van der Waals surface area contributed by atoms with Crippen molar-refractivity contribution in [3.8, 4) is 0 Å². The zero-order valence-electron chi connectivity index (χ0n) is 14.3. The van der Waals surface area contributed by atoms with Gasteiger partial charge in [0, 0.05) is 17.7 Å². The normalized spacial score (nSPS) is 15.9. The maximum Gasteiger partial charge on any atom is 0.281 e. The van der Waals surface area contributed by atoms with Crippen LogP contribution in [0.5, 0.6) is 0 Å². The van der Waals surface area contributed by atoms with Gasteiger partial charge in [0.2, 0.25) is 0 Å². The molecular formula is C18H23BrN4O. The lowest BCUT2D eigenvalue weighted by atomic mass is 9.63. The number of hydrogen-bond donors (Lipinski definition) is 1. The number of aromatic nitrogens is 2. The molecule has 2 N–H and O–H groups in total. The minimum absolute atomic E-state index is 0.307. The minimum atomic E-state index is -0.339. The summed E-state index contributed by atoms with van der Waals surface area (Å²) >= 11 is 3.44. The van der Waals surface area contributed by atoms with Crippen molar-refractivity contribution >= 4 is 27.7 Å². The lowest BCUT2D eigenvalue weighted by Gasteiger charge is -2.41. The van der Waals surface area contributed by atoms with Gasteiger partial charge in [0.25, 0.3) is 5.91 Å².